The Morgan fingerprint density at radius 2 is 1.69 bits per heavy atom. The average Bonchev–Trinajstić information content (AvgIpc) is 2.88. The summed E-state index contributed by atoms with van der Waals surface area (Å²) < 4.78 is 16.1. The number of amides is 2. The zero-order chi connectivity index (χ0) is 25.2. The predicted molar refractivity (Wildman–Crippen MR) is 134 cm³/mol. The van der Waals surface area contributed by atoms with E-state index in [0.29, 0.717) is 34.2 Å². The first-order chi connectivity index (χ1) is 16.9. The van der Waals surface area contributed by atoms with Crippen molar-refractivity contribution in [3.63, 3.8) is 0 Å². The van der Waals surface area contributed by atoms with Crippen LogP contribution in [0.15, 0.2) is 72.3 Å². The minimum atomic E-state index is -0.517. The fraction of sp³-hybridized carbons (Fsp3) is 0.148. The van der Waals surface area contributed by atoms with Crippen LogP contribution in [0.4, 0.5) is 11.4 Å². The van der Waals surface area contributed by atoms with Crippen LogP contribution in [0, 0.1) is 18.3 Å². The van der Waals surface area contributed by atoms with E-state index in [2.05, 4.69) is 10.6 Å². The summed E-state index contributed by atoms with van der Waals surface area (Å²) >= 11 is 0. The molecular formula is C27H25N3O5. The Morgan fingerprint density at radius 1 is 0.943 bits per heavy atom. The third kappa shape index (κ3) is 6.85. The molecule has 8 nitrogen and oxygen atoms in total. The number of ether oxygens (including phenoxy) is 3. The maximum Gasteiger partial charge on any atom is 0.266 e. The molecule has 2 N–H and O–H groups in total. The van der Waals surface area contributed by atoms with Crippen LogP contribution in [0.2, 0.25) is 0 Å². The minimum absolute atomic E-state index is 0.0668. The molecule has 0 spiro atoms. The number of nitrogens with zero attached hydrogens (tertiary/aromatic N) is 1. The van der Waals surface area contributed by atoms with Crippen LogP contribution in [0.25, 0.3) is 6.08 Å². The monoisotopic (exact) mass is 471 g/mol. The molecule has 0 unspecified atom stereocenters. The highest BCUT2D eigenvalue weighted by Crippen LogP contribution is 2.29. The van der Waals surface area contributed by atoms with Crippen LogP contribution in [0.3, 0.4) is 0 Å². The van der Waals surface area contributed by atoms with E-state index in [1.165, 1.54) is 13.2 Å². The number of carbonyl (C=O) groups excluding carboxylic acids is 2. The van der Waals surface area contributed by atoms with Crippen LogP contribution in [-0.2, 0) is 9.59 Å². The highest BCUT2D eigenvalue weighted by atomic mass is 16.5. The van der Waals surface area contributed by atoms with Gasteiger partial charge in [-0.2, -0.15) is 5.26 Å². The van der Waals surface area contributed by atoms with Gasteiger partial charge in [-0.15, -0.1) is 0 Å². The molecule has 0 saturated carbocycles. The van der Waals surface area contributed by atoms with E-state index in [1.54, 1.807) is 61.7 Å². The zero-order valence-electron chi connectivity index (χ0n) is 19.6. The summed E-state index contributed by atoms with van der Waals surface area (Å²) in [6, 6.07) is 21.1. The van der Waals surface area contributed by atoms with Gasteiger partial charge in [-0.1, -0.05) is 24.3 Å². The van der Waals surface area contributed by atoms with E-state index in [4.69, 9.17) is 14.2 Å². The molecule has 0 heterocycles. The van der Waals surface area contributed by atoms with E-state index in [0.717, 1.165) is 5.56 Å². The van der Waals surface area contributed by atoms with Crippen molar-refractivity contribution in [2.75, 3.05) is 31.5 Å². The Balaban J connectivity index is 1.66. The second-order valence-electron chi connectivity index (χ2n) is 7.41. The Bertz CT molecular complexity index is 1280. The van der Waals surface area contributed by atoms with Gasteiger partial charge >= 0.3 is 0 Å². The molecule has 0 saturated heterocycles. The molecule has 0 aliphatic rings. The smallest absolute Gasteiger partial charge is 0.266 e. The number of aryl methyl sites for hydroxylation is 1. The Kier molecular flexibility index (Phi) is 8.46. The minimum Gasteiger partial charge on any atom is -0.497 e. The van der Waals surface area contributed by atoms with Gasteiger partial charge in [-0.05, 0) is 66.6 Å². The first kappa shape index (κ1) is 24.9. The van der Waals surface area contributed by atoms with Crippen LogP contribution in [0.1, 0.15) is 11.1 Å². The predicted octanol–water partition coefficient (Wildman–Crippen LogP) is 4.58. The molecule has 3 aromatic rings. The molecule has 0 fully saturated rings. The number of benzene rings is 3. The summed E-state index contributed by atoms with van der Waals surface area (Å²) in [7, 11) is 3.03. The highest BCUT2D eigenvalue weighted by Gasteiger charge is 2.13. The number of hydrogen-bond acceptors (Lipinski definition) is 6. The van der Waals surface area contributed by atoms with Gasteiger partial charge in [-0.3, -0.25) is 9.59 Å². The van der Waals surface area contributed by atoms with Crippen molar-refractivity contribution in [2.45, 2.75) is 6.92 Å². The lowest BCUT2D eigenvalue weighted by Crippen LogP contribution is -2.20. The van der Waals surface area contributed by atoms with Crippen molar-refractivity contribution in [2.24, 2.45) is 0 Å². The van der Waals surface area contributed by atoms with Gasteiger partial charge in [0.1, 0.15) is 17.4 Å². The molecule has 0 atom stereocenters. The van der Waals surface area contributed by atoms with Crippen molar-refractivity contribution in [3.8, 4) is 23.3 Å². The number of rotatable bonds is 9. The third-order valence-electron chi connectivity index (χ3n) is 4.99. The normalized spacial score (nSPS) is 10.6. The van der Waals surface area contributed by atoms with Crippen LogP contribution in [-0.4, -0.2) is 32.6 Å². The molecule has 0 aliphatic heterocycles. The first-order valence-corrected chi connectivity index (χ1v) is 10.7. The molecule has 0 radical (unpaired) electrons. The molecule has 2 amide bonds. The highest BCUT2D eigenvalue weighted by molar-refractivity contribution is 6.10. The van der Waals surface area contributed by atoms with Crippen molar-refractivity contribution >= 4 is 29.3 Å². The van der Waals surface area contributed by atoms with Crippen LogP contribution in [0.5, 0.6) is 17.2 Å². The lowest BCUT2D eigenvalue weighted by Gasteiger charge is -2.12. The van der Waals surface area contributed by atoms with E-state index in [1.807, 2.05) is 25.1 Å². The fourth-order valence-corrected chi connectivity index (χ4v) is 3.13. The van der Waals surface area contributed by atoms with Crippen molar-refractivity contribution < 1.29 is 23.8 Å². The molecule has 3 rings (SSSR count). The molecular weight excluding hydrogens is 446 g/mol. The van der Waals surface area contributed by atoms with E-state index in [-0.39, 0.29) is 18.1 Å². The molecule has 0 aliphatic carbocycles. The second kappa shape index (κ2) is 11.9. The number of carbonyl (C=O) groups is 2. The van der Waals surface area contributed by atoms with Crippen molar-refractivity contribution in [3.05, 3.63) is 83.4 Å². The maximum atomic E-state index is 12.6. The number of nitriles is 1. The van der Waals surface area contributed by atoms with Crippen LogP contribution >= 0.6 is 0 Å². The Labute approximate surface area is 203 Å². The van der Waals surface area contributed by atoms with E-state index < -0.39 is 5.91 Å². The number of hydrogen-bond donors (Lipinski definition) is 2. The lowest BCUT2D eigenvalue weighted by atomic mass is 10.1. The summed E-state index contributed by atoms with van der Waals surface area (Å²) in [4.78, 5) is 24.8. The van der Waals surface area contributed by atoms with Crippen LogP contribution < -0.4 is 24.8 Å². The quantitative estimate of drug-likeness (QED) is 0.349. The number of methoxy groups -OCH3 is 2. The fourth-order valence-electron chi connectivity index (χ4n) is 3.13. The number of para-hydroxylation sites is 1. The Hall–Kier alpha value is -4.77. The number of nitrogens with one attached hydrogen (secondary N) is 2. The molecule has 3 aromatic carbocycles. The molecule has 178 valence electrons. The summed E-state index contributed by atoms with van der Waals surface area (Å²) in [5, 5.41) is 15.0. The van der Waals surface area contributed by atoms with E-state index >= 15 is 0 Å². The van der Waals surface area contributed by atoms with Gasteiger partial charge < -0.3 is 24.8 Å². The van der Waals surface area contributed by atoms with Crippen molar-refractivity contribution in [1.29, 1.82) is 5.26 Å². The number of anilines is 2. The average molecular weight is 472 g/mol. The SMILES string of the molecule is COc1ccc(NC(=O)COc2ccc(C=C(C#N)C(=O)Nc3ccccc3C)cc2OC)cc1. The van der Waals surface area contributed by atoms with Gasteiger partial charge in [-0.25, -0.2) is 0 Å². The third-order valence-corrected chi connectivity index (χ3v) is 4.99. The molecule has 8 heteroatoms. The summed E-state index contributed by atoms with van der Waals surface area (Å²) in [6.45, 7) is 1.63. The zero-order valence-corrected chi connectivity index (χ0v) is 19.6. The first-order valence-electron chi connectivity index (χ1n) is 10.7. The topological polar surface area (TPSA) is 110 Å². The second-order valence-corrected chi connectivity index (χ2v) is 7.41. The summed E-state index contributed by atoms with van der Waals surface area (Å²) in [6.07, 6.45) is 1.45. The van der Waals surface area contributed by atoms with Gasteiger partial charge in [0.05, 0.1) is 14.2 Å². The van der Waals surface area contributed by atoms with Gasteiger partial charge in [0.2, 0.25) is 0 Å². The molecule has 35 heavy (non-hydrogen) atoms. The van der Waals surface area contributed by atoms with E-state index in [9.17, 15) is 14.9 Å². The van der Waals surface area contributed by atoms with Crippen molar-refractivity contribution in [1.82, 2.24) is 0 Å². The van der Waals surface area contributed by atoms with Gasteiger partial charge in [0.25, 0.3) is 11.8 Å². The standard InChI is InChI=1S/C27H25N3O5/c1-18-6-4-5-7-23(18)30-27(32)20(16-28)14-19-8-13-24(25(15-19)34-3)35-17-26(31)29-21-9-11-22(33-2)12-10-21/h4-15H,17H2,1-3H3,(H,29,31)(H,30,32). The Morgan fingerprint density at radius 3 is 2.34 bits per heavy atom. The molecule has 0 bridgehead atoms. The largest absolute Gasteiger partial charge is 0.497 e. The summed E-state index contributed by atoms with van der Waals surface area (Å²) in [5.74, 6) is 0.521. The maximum absolute atomic E-state index is 12.6. The summed E-state index contributed by atoms with van der Waals surface area (Å²) in [5.41, 5.74) is 2.63. The lowest BCUT2D eigenvalue weighted by molar-refractivity contribution is -0.118. The van der Waals surface area contributed by atoms with Gasteiger partial charge in [0, 0.05) is 11.4 Å². The van der Waals surface area contributed by atoms with Gasteiger partial charge in [0.15, 0.2) is 18.1 Å². The molecule has 0 aromatic heterocycles.